The number of aliphatic hydroxyl groups is 2. The second kappa shape index (κ2) is 33.9. The van der Waals surface area contributed by atoms with Crippen molar-refractivity contribution in [3.63, 3.8) is 0 Å². The maximum Gasteiger partial charge on any atom is 0.306 e. The Labute approximate surface area is 430 Å². The molecular formula is C38H48O8S16. The molecule has 0 aliphatic carbocycles. The summed E-state index contributed by atoms with van der Waals surface area (Å²) in [6.07, 6.45) is 12.1. The first-order valence-corrected chi connectivity index (χ1v) is 34.1. The maximum absolute atomic E-state index is 11.9. The van der Waals surface area contributed by atoms with Gasteiger partial charge in [0.15, 0.2) is 11.2 Å². The van der Waals surface area contributed by atoms with Gasteiger partial charge in [0.05, 0.1) is 76.1 Å². The van der Waals surface area contributed by atoms with Crippen molar-refractivity contribution in [1.82, 2.24) is 0 Å². The number of thioether (sulfide) groups is 14. The van der Waals surface area contributed by atoms with Crippen LogP contribution in [0.5, 0.6) is 0 Å². The third-order valence-corrected chi connectivity index (χ3v) is 27.4. The van der Waals surface area contributed by atoms with E-state index < -0.39 is 21.0 Å². The molecule has 5 aliphatic rings. The van der Waals surface area contributed by atoms with Crippen molar-refractivity contribution in [3.8, 4) is 0 Å². The lowest BCUT2D eigenvalue weighted by atomic mass is 10.3. The van der Waals surface area contributed by atoms with E-state index in [0.717, 1.165) is 23.0 Å². The minimum Gasteiger partial charge on any atom is -0.466 e. The van der Waals surface area contributed by atoms with Gasteiger partial charge in [0.25, 0.3) is 0 Å². The topological polar surface area (TPSA) is 127 Å². The number of ether oxygens (including phenoxy) is 2. The lowest BCUT2D eigenvalue weighted by Crippen LogP contribution is -2.04. The molecule has 62 heavy (non-hydrogen) atoms. The number of carbonyl (C=O) groups is 4. The second-order valence-corrected chi connectivity index (χ2v) is 32.3. The first-order valence-electron chi connectivity index (χ1n) is 18.4. The lowest BCUT2D eigenvalue weighted by Gasteiger charge is -2.09. The molecule has 0 fully saturated rings. The Morgan fingerprint density at radius 3 is 1.18 bits per heavy atom. The van der Waals surface area contributed by atoms with Crippen molar-refractivity contribution in [2.45, 2.75) is 53.4 Å². The van der Waals surface area contributed by atoms with Crippen LogP contribution in [0.25, 0.3) is 0 Å². The molecule has 2 N–H and O–H groups in total. The highest BCUT2D eigenvalue weighted by Crippen LogP contribution is 2.64. The lowest BCUT2D eigenvalue weighted by molar-refractivity contribution is -0.143. The summed E-state index contributed by atoms with van der Waals surface area (Å²) in [6, 6.07) is 0. The average Bonchev–Trinajstić information content (AvgIpc) is 4.07. The van der Waals surface area contributed by atoms with Crippen molar-refractivity contribution in [3.05, 3.63) is 76.5 Å². The molecule has 0 aromatic rings. The predicted molar refractivity (Wildman–Crippen MR) is 306 cm³/mol. The molecule has 8 nitrogen and oxygen atoms in total. The maximum atomic E-state index is 11.9. The number of carbonyl (C=O) groups excluding carboxylic acids is 4. The Bertz CT molecular complexity index is 1790. The van der Waals surface area contributed by atoms with Crippen LogP contribution in [0.2, 0.25) is 0 Å². The molecule has 5 aliphatic heterocycles. The molecule has 5 rings (SSSR count). The Morgan fingerprint density at radius 2 is 0.903 bits per heavy atom. The molecule has 0 aromatic carbocycles. The quantitative estimate of drug-likeness (QED) is 0.0767. The zero-order valence-corrected chi connectivity index (χ0v) is 47.3. The van der Waals surface area contributed by atoms with E-state index in [-0.39, 0.29) is 23.8 Å². The Hall–Kier alpha value is 1.46. The number of hydrogen-bond donors (Lipinski definition) is 2. The number of allylic oxidation sites excluding steroid dienone is 6. The van der Waals surface area contributed by atoms with Gasteiger partial charge in [-0.1, -0.05) is 120 Å². The molecule has 0 radical (unpaired) electrons. The number of aliphatic hydroxyl groups excluding tert-OH is 2. The van der Waals surface area contributed by atoms with Crippen LogP contribution in [0.1, 0.15) is 53.4 Å². The largest absolute Gasteiger partial charge is 0.466 e. The molecule has 0 spiro atoms. The van der Waals surface area contributed by atoms with E-state index in [1.54, 1.807) is 47.0 Å². The van der Waals surface area contributed by atoms with Crippen molar-refractivity contribution in [2.75, 3.05) is 46.8 Å². The van der Waals surface area contributed by atoms with E-state index in [2.05, 4.69) is 49.9 Å². The standard InChI is InChI=1S/C32H36O4S14.2C3H6O2S/c1-5-19-20(6-2)44-23(43-19)9-10-25-47-29-30(48-25)40-18-42-32-31(41-17-39-29)49-26(50-32)12-11-24-45-27(37-15-13-21(33)35-7-3)28(46-24)38-16-14-22(34)36-8-4;2*1-6(2-4)3-5/h9-12H,5-8,13-18H2,1-4H3;2*2,5H,1,3H2. The van der Waals surface area contributed by atoms with E-state index >= 15 is 0 Å². The summed E-state index contributed by atoms with van der Waals surface area (Å²) >= 11 is 26.3. The van der Waals surface area contributed by atoms with Crippen molar-refractivity contribution < 1.29 is 38.9 Å². The van der Waals surface area contributed by atoms with Crippen LogP contribution in [-0.2, 0) is 28.7 Å². The summed E-state index contributed by atoms with van der Waals surface area (Å²) in [7, 11) is -1.32. The number of rotatable bonds is 18. The fraction of sp³-hybridized carbons (Fsp3) is 0.421. The van der Waals surface area contributed by atoms with Crippen molar-refractivity contribution in [2.24, 2.45) is 0 Å². The van der Waals surface area contributed by atoms with Crippen LogP contribution in [0.4, 0.5) is 0 Å². The summed E-state index contributed by atoms with van der Waals surface area (Å²) in [6.45, 7) is 8.99. The highest BCUT2D eigenvalue weighted by Gasteiger charge is 2.28. The zero-order valence-electron chi connectivity index (χ0n) is 34.2. The van der Waals surface area contributed by atoms with Crippen LogP contribution in [0.3, 0.4) is 0 Å². The van der Waals surface area contributed by atoms with Crippen LogP contribution >= 0.6 is 186 Å². The summed E-state index contributed by atoms with van der Waals surface area (Å²) < 4.78 is 23.6. The van der Waals surface area contributed by atoms with Crippen LogP contribution in [-0.4, -0.2) is 91.9 Å². The average molecular weight is 1150 g/mol. The smallest absolute Gasteiger partial charge is 0.306 e. The van der Waals surface area contributed by atoms with Gasteiger partial charge in [-0.25, -0.2) is 0 Å². The normalized spacial score (nSPS) is 18.5. The third kappa shape index (κ3) is 21.8. The number of esters is 2. The minimum atomic E-state index is -0.659. The summed E-state index contributed by atoms with van der Waals surface area (Å²) in [5.74, 6) is 7.35. The van der Waals surface area contributed by atoms with Gasteiger partial charge in [-0.15, -0.1) is 91.5 Å². The molecule has 0 aromatic heterocycles. The van der Waals surface area contributed by atoms with Crippen LogP contribution in [0.15, 0.2) is 76.5 Å². The highest BCUT2D eigenvalue weighted by molar-refractivity contribution is 8.46. The van der Waals surface area contributed by atoms with E-state index in [0.29, 0.717) is 48.8 Å². The molecule has 0 saturated carbocycles. The van der Waals surface area contributed by atoms with Crippen LogP contribution < -0.4 is 0 Å². The van der Waals surface area contributed by atoms with Crippen molar-refractivity contribution >= 4 is 221 Å². The fourth-order valence-electron chi connectivity index (χ4n) is 4.11. The second-order valence-electron chi connectivity index (χ2n) is 11.2. The van der Waals surface area contributed by atoms with Gasteiger partial charge in [0.2, 0.25) is 0 Å². The van der Waals surface area contributed by atoms with Gasteiger partial charge in [-0.3, -0.25) is 19.2 Å². The molecule has 5 heterocycles. The van der Waals surface area contributed by atoms with Gasteiger partial charge in [-0.05, 0) is 60.8 Å². The first kappa shape index (κ1) is 57.8. The van der Waals surface area contributed by atoms with Crippen molar-refractivity contribution in [1.29, 1.82) is 0 Å². The molecular weight excluding hydrogens is 1100 g/mol. The summed E-state index contributed by atoms with van der Waals surface area (Å²) in [4.78, 5) is 45.9. The van der Waals surface area contributed by atoms with E-state index in [9.17, 15) is 19.2 Å². The predicted octanol–water partition coefficient (Wildman–Crippen LogP) is 14.6. The Balaban J connectivity index is 0.000000749. The molecule has 2 unspecified atom stereocenters. The van der Waals surface area contributed by atoms with Crippen LogP contribution in [0, 0.1) is 0 Å². The molecule has 0 amide bonds. The van der Waals surface area contributed by atoms with E-state index in [1.165, 1.54) is 52.2 Å². The Kier molecular flexibility index (Phi) is 31.6. The van der Waals surface area contributed by atoms with E-state index in [1.807, 2.05) is 131 Å². The minimum absolute atomic E-state index is 0.122. The van der Waals surface area contributed by atoms with Gasteiger partial charge >= 0.3 is 11.9 Å². The van der Waals surface area contributed by atoms with Gasteiger partial charge in [-0.2, -0.15) is 0 Å². The molecule has 0 saturated heterocycles. The summed E-state index contributed by atoms with van der Waals surface area (Å²) in [5.41, 5.74) is 1.28. The molecule has 24 heteroatoms. The zero-order chi connectivity index (χ0) is 45.3. The molecule has 344 valence electrons. The monoisotopic (exact) mass is 1140 g/mol. The fourth-order valence-corrected chi connectivity index (χ4v) is 24.9. The highest BCUT2D eigenvalue weighted by atomic mass is 32.3. The van der Waals surface area contributed by atoms with Gasteiger partial charge in [0, 0.05) is 25.9 Å². The van der Waals surface area contributed by atoms with E-state index in [4.69, 9.17) is 19.7 Å². The first-order chi connectivity index (χ1) is 30.0. The number of hydrogen-bond acceptors (Lipinski definition) is 22. The summed E-state index contributed by atoms with van der Waals surface area (Å²) in [5, 5.41) is 18.1. The Morgan fingerprint density at radius 1 is 0.581 bits per heavy atom. The van der Waals surface area contributed by atoms with Gasteiger partial charge in [0.1, 0.15) is 0 Å². The third-order valence-electron chi connectivity index (χ3n) is 6.82. The molecule has 0 bridgehead atoms. The van der Waals surface area contributed by atoms with Gasteiger partial charge < -0.3 is 19.7 Å². The molecule has 2 atom stereocenters. The SMILES string of the molecule is C=S(C=O)CO.C=S(C=O)CO.CCOC(=O)CCSC1=C(SCCC(=O)OCC)SC(=CC=C2SC3=C(SCSC4=C(SCS3)SC(=CC=C3SC(CC)=C(CC)S3)S4)S2)S1.